The monoisotopic (exact) mass is 365 g/mol. The van der Waals surface area contributed by atoms with Crippen LogP contribution < -0.4 is 4.74 Å². The highest BCUT2D eigenvalue weighted by Gasteiger charge is 2.18. The van der Waals surface area contributed by atoms with E-state index in [4.69, 9.17) is 4.74 Å². The molecule has 2 aromatic rings. The highest BCUT2D eigenvalue weighted by Crippen LogP contribution is 2.21. The van der Waals surface area contributed by atoms with E-state index >= 15 is 0 Å². The van der Waals surface area contributed by atoms with E-state index in [-0.39, 0.29) is 0 Å². The van der Waals surface area contributed by atoms with Gasteiger partial charge in [-0.05, 0) is 56.3 Å². The van der Waals surface area contributed by atoms with Gasteiger partial charge in [-0.3, -0.25) is 0 Å². The first-order valence-electron chi connectivity index (χ1n) is 10.1. The van der Waals surface area contributed by atoms with E-state index in [1.807, 2.05) is 36.4 Å². The maximum absolute atomic E-state index is 9.33. The average molecular weight is 366 g/mol. The molecule has 0 bridgehead atoms. The number of piperidine rings is 1. The molecule has 3 nitrogen and oxygen atoms in total. The maximum atomic E-state index is 9.33. The van der Waals surface area contributed by atoms with E-state index in [1.165, 1.54) is 24.9 Å². The van der Waals surface area contributed by atoms with E-state index in [2.05, 4.69) is 35.3 Å². The van der Waals surface area contributed by atoms with Crippen LogP contribution in [-0.2, 0) is 0 Å². The summed E-state index contributed by atoms with van der Waals surface area (Å²) in [6.07, 6.45) is 8.81. The average Bonchev–Trinajstić information content (AvgIpc) is 2.73. The molecular weight excluding hydrogens is 334 g/mol. The molecule has 1 heterocycles. The fourth-order valence-corrected chi connectivity index (χ4v) is 3.62. The summed E-state index contributed by atoms with van der Waals surface area (Å²) >= 11 is 0. The van der Waals surface area contributed by atoms with Crippen molar-refractivity contribution >= 4 is 12.2 Å². The number of hydrogen-bond donors (Lipinski definition) is 1. The summed E-state index contributed by atoms with van der Waals surface area (Å²) in [7, 11) is 0. The zero-order valence-electron chi connectivity index (χ0n) is 16.1. The Labute approximate surface area is 163 Å². The van der Waals surface area contributed by atoms with E-state index in [1.54, 1.807) is 0 Å². The van der Waals surface area contributed by atoms with Crippen molar-refractivity contribution in [3.05, 3.63) is 65.7 Å². The Balaban J connectivity index is 1.43. The summed E-state index contributed by atoms with van der Waals surface area (Å²) in [5.74, 6) is 1.42. The van der Waals surface area contributed by atoms with Gasteiger partial charge in [0.15, 0.2) is 0 Å². The molecule has 0 saturated carbocycles. The van der Waals surface area contributed by atoms with Crippen molar-refractivity contribution in [2.45, 2.75) is 25.7 Å². The van der Waals surface area contributed by atoms with Crippen molar-refractivity contribution in [3.8, 4) is 5.75 Å². The quantitative estimate of drug-likeness (QED) is 0.515. The van der Waals surface area contributed by atoms with Crippen LogP contribution in [0.5, 0.6) is 5.75 Å². The molecule has 1 unspecified atom stereocenters. The largest absolute Gasteiger partial charge is 0.493 e. The lowest BCUT2D eigenvalue weighted by molar-refractivity contribution is 0.118. The van der Waals surface area contributed by atoms with E-state index in [0.717, 1.165) is 43.9 Å². The highest BCUT2D eigenvalue weighted by atomic mass is 16.5. The Morgan fingerprint density at radius 1 is 1.00 bits per heavy atom. The molecule has 0 radical (unpaired) electrons. The smallest absolute Gasteiger partial charge is 0.126 e. The Hall–Kier alpha value is -2.10. The molecule has 1 saturated heterocycles. The van der Waals surface area contributed by atoms with Gasteiger partial charge >= 0.3 is 0 Å². The molecule has 0 aliphatic carbocycles. The summed E-state index contributed by atoms with van der Waals surface area (Å²) in [6, 6.07) is 18.5. The van der Waals surface area contributed by atoms with Crippen molar-refractivity contribution in [2.24, 2.45) is 5.92 Å². The minimum atomic E-state index is 0.326. The summed E-state index contributed by atoms with van der Waals surface area (Å²) in [5, 5.41) is 9.33. The molecule has 0 spiro atoms. The third-order valence-corrected chi connectivity index (χ3v) is 5.16. The minimum Gasteiger partial charge on any atom is -0.493 e. The predicted octanol–water partition coefficient (Wildman–Crippen LogP) is 4.72. The number of hydrogen-bond acceptors (Lipinski definition) is 3. The van der Waals surface area contributed by atoms with Gasteiger partial charge in [-0.1, -0.05) is 60.7 Å². The van der Waals surface area contributed by atoms with Gasteiger partial charge in [-0.15, -0.1) is 0 Å². The van der Waals surface area contributed by atoms with Crippen molar-refractivity contribution in [2.75, 3.05) is 32.8 Å². The van der Waals surface area contributed by atoms with E-state index in [0.29, 0.717) is 12.5 Å². The van der Waals surface area contributed by atoms with Gasteiger partial charge in [-0.2, -0.15) is 0 Å². The number of aliphatic hydroxyl groups is 1. The molecule has 144 valence electrons. The minimum absolute atomic E-state index is 0.326. The second-order valence-corrected chi connectivity index (χ2v) is 7.33. The Morgan fingerprint density at radius 2 is 1.81 bits per heavy atom. The predicted molar refractivity (Wildman–Crippen MR) is 113 cm³/mol. The first kappa shape index (κ1) is 19.7. The number of nitrogens with zero attached hydrogens (tertiary/aromatic N) is 1. The Morgan fingerprint density at radius 3 is 2.67 bits per heavy atom. The Kier molecular flexibility index (Phi) is 7.94. The maximum Gasteiger partial charge on any atom is 0.126 e. The number of para-hydroxylation sites is 1. The summed E-state index contributed by atoms with van der Waals surface area (Å²) < 4.78 is 6.05. The molecule has 1 aliphatic heterocycles. The number of likely N-dealkylation sites (tertiary alicyclic amines) is 1. The van der Waals surface area contributed by atoms with Crippen LogP contribution in [0.15, 0.2) is 54.6 Å². The lowest BCUT2D eigenvalue weighted by Crippen LogP contribution is -2.37. The molecule has 1 N–H and O–H groups in total. The zero-order chi connectivity index (χ0) is 18.7. The van der Waals surface area contributed by atoms with Crippen molar-refractivity contribution in [3.63, 3.8) is 0 Å². The Bertz CT molecular complexity index is 699. The SMILES string of the molecule is OCC1CCCN(CCCCOc2ccccc2/C=C/c2ccccc2)C1. The third kappa shape index (κ3) is 6.53. The van der Waals surface area contributed by atoms with Gasteiger partial charge in [0.1, 0.15) is 5.75 Å². The topological polar surface area (TPSA) is 32.7 Å². The van der Waals surface area contributed by atoms with Crippen LogP contribution in [0.1, 0.15) is 36.8 Å². The zero-order valence-corrected chi connectivity index (χ0v) is 16.1. The van der Waals surface area contributed by atoms with Gasteiger partial charge in [0.25, 0.3) is 0 Å². The molecule has 2 aromatic carbocycles. The fourth-order valence-electron chi connectivity index (χ4n) is 3.62. The summed E-state index contributed by atoms with van der Waals surface area (Å²) in [4.78, 5) is 2.49. The number of unbranched alkanes of at least 4 members (excludes halogenated alkanes) is 1. The van der Waals surface area contributed by atoms with E-state index in [9.17, 15) is 5.11 Å². The van der Waals surface area contributed by atoms with E-state index < -0.39 is 0 Å². The first-order valence-corrected chi connectivity index (χ1v) is 10.1. The van der Waals surface area contributed by atoms with Crippen molar-refractivity contribution in [1.29, 1.82) is 0 Å². The van der Waals surface area contributed by atoms with Gasteiger partial charge in [-0.25, -0.2) is 0 Å². The fraction of sp³-hybridized carbons (Fsp3) is 0.417. The lowest BCUT2D eigenvalue weighted by Gasteiger charge is -2.31. The second-order valence-electron chi connectivity index (χ2n) is 7.33. The molecule has 1 aliphatic rings. The first-order chi connectivity index (χ1) is 13.3. The van der Waals surface area contributed by atoms with Crippen LogP contribution >= 0.6 is 0 Å². The molecule has 1 atom stereocenters. The van der Waals surface area contributed by atoms with Crippen molar-refractivity contribution in [1.82, 2.24) is 4.90 Å². The molecular formula is C24H31NO2. The highest BCUT2D eigenvalue weighted by molar-refractivity contribution is 5.72. The number of ether oxygens (including phenoxy) is 1. The van der Waals surface area contributed by atoms with Gasteiger partial charge in [0, 0.05) is 18.7 Å². The van der Waals surface area contributed by atoms with Gasteiger partial charge in [0.2, 0.25) is 0 Å². The van der Waals surface area contributed by atoms with Crippen LogP contribution in [0.3, 0.4) is 0 Å². The molecule has 1 fully saturated rings. The van der Waals surface area contributed by atoms with Crippen molar-refractivity contribution < 1.29 is 9.84 Å². The summed E-state index contributed by atoms with van der Waals surface area (Å²) in [5.41, 5.74) is 2.30. The van der Waals surface area contributed by atoms with Gasteiger partial charge < -0.3 is 14.7 Å². The molecule has 27 heavy (non-hydrogen) atoms. The molecule has 3 rings (SSSR count). The number of rotatable bonds is 9. The molecule has 0 aromatic heterocycles. The molecule has 3 heteroatoms. The number of benzene rings is 2. The van der Waals surface area contributed by atoms with Gasteiger partial charge in [0.05, 0.1) is 6.61 Å². The van der Waals surface area contributed by atoms with Crippen LogP contribution in [0.4, 0.5) is 0 Å². The van der Waals surface area contributed by atoms with Crippen LogP contribution in [-0.4, -0.2) is 42.9 Å². The van der Waals surface area contributed by atoms with Crippen LogP contribution in [0.2, 0.25) is 0 Å². The lowest BCUT2D eigenvalue weighted by atomic mass is 9.99. The van der Waals surface area contributed by atoms with Crippen LogP contribution in [0.25, 0.3) is 12.2 Å². The standard InChI is InChI=1S/C24H31NO2/c26-20-22-11-8-17-25(19-22)16-6-7-18-27-24-13-5-4-12-23(24)15-14-21-9-2-1-3-10-21/h1-5,9-10,12-15,22,26H,6-8,11,16-20H2/b15-14+. The van der Waals surface area contributed by atoms with Crippen LogP contribution in [0, 0.1) is 5.92 Å². The third-order valence-electron chi connectivity index (χ3n) is 5.16. The second kappa shape index (κ2) is 10.9. The molecule has 0 amide bonds. The summed E-state index contributed by atoms with van der Waals surface area (Å²) in [6.45, 7) is 4.39. The number of aliphatic hydroxyl groups excluding tert-OH is 1. The normalized spacial score (nSPS) is 18.0.